The molecule has 1 amide bonds. The second kappa shape index (κ2) is 7.91. The quantitative estimate of drug-likeness (QED) is 0.604. The van der Waals surface area contributed by atoms with Crippen LogP contribution in [0.25, 0.3) is 11.5 Å². The highest BCUT2D eigenvalue weighted by Crippen LogP contribution is 2.32. The Bertz CT molecular complexity index is 1050. The summed E-state index contributed by atoms with van der Waals surface area (Å²) in [6.45, 7) is 1.79. The van der Waals surface area contributed by atoms with Crippen LogP contribution in [-0.4, -0.2) is 23.8 Å². The van der Waals surface area contributed by atoms with E-state index in [4.69, 9.17) is 9.15 Å². The molecule has 0 aliphatic heterocycles. The Labute approximate surface area is 168 Å². The Morgan fingerprint density at radius 2 is 1.93 bits per heavy atom. The van der Waals surface area contributed by atoms with Gasteiger partial charge in [-0.1, -0.05) is 6.07 Å². The van der Waals surface area contributed by atoms with Gasteiger partial charge < -0.3 is 14.5 Å². The van der Waals surface area contributed by atoms with Crippen molar-refractivity contribution in [2.75, 3.05) is 12.4 Å². The lowest BCUT2D eigenvalue weighted by Crippen LogP contribution is -2.15. The maximum absolute atomic E-state index is 12.4. The van der Waals surface area contributed by atoms with E-state index in [2.05, 4.69) is 10.3 Å². The Morgan fingerprint density at radius 3 is 2.62 bits per heavy atom. The average molecular weight is 390 g/mol. The summed E-state index contributed by atoms with van der Waals surface area (Å²) in [6, 6.07) is 14.4. The summed E-state index contributed by atoms with van der Waals surface area (Å²) in [7, 11) is 1.60. The molecule has 0 spiro atoms. The fourth-order valence-electron chi connectivity index (χ4n) is 3.13. The third-order valence-electron chi connectivity index (χ3n) is 4.94. The number of aromatic nitrogens is 1. The van der Waals surface area contributed by atoms with Crippen molar-refractivity contribution in [1.29, 1.82) is 0 Å². The molecule has 6 heteroatoms. The first-order valence-electron chi connectivity index (χ1n) is 9.58. The van der Waals surface area contributed by atoms with Gasteiger partial charge in [0.1, 0.15) is 11.5 Å². The monoisotopic (exact) mass is 390 g/mol. The van der Waals surface area contributed by atoms with E-state index in [0.717, 1.165) is 18.4 Å². The molecule has 1 N–H and O–H groups in total. The zero-order chi connectivity index (χ0) is 20.4. The number of Topliss-reactive ketones (excluding diaryl/α,β-unsaturated/α-hetero) is 1. The normalized spacial score (nSPS) is 13.2. The lowest BCUT2D eigenvalue weighted by atomic mass is 10.1. The van der Waals surface area contributed by atoms with E-state index in [-0.39, 0.29) is 24.0 Å². The molecule has 0 saturated heterocycles. The van der Waals surface area contributed by atoms with Gasteiger partial charge in [0.05, 0.1) is 19.2 Å². The van der Waals surface area contributed by atoms with E-state index >= 15 is 0 Å². The summed E-state index contributed by atoms with van der Waals surface area (Å²) in [4.78, 5) is 29.0. The molecule has 6 nitrogen and oxygen atoms in total. The maximum Gasteiger partial charge on any atom is 0.230 e. The molecular weight excluding hydrogens is 368 g/mol. The van der Waals surface area contributed by atoms with Crippen LogP contribution < -0.4 is 10.1 Å². The first-order valence-corrected chi connectivity index (χ1v) is 9.58. The minimum absolute atomic E-state index is 0.0993. The molecule has 1 aliphatic rings. The van der Waals surface area contributed by atoms with E-state index in [1.807, 2.05) is 24.3 Å². The molecule has 1 heterocycles. The van der Waals surface area contributed by atoms with Crippen molar-refractivity contribution in [2.24, 2.45) is 5.92 Å². The van der Waals surface area contributed by atoms with Gasteiger partial charge in [0.2, 0.25) is 11.8 Å². The Hall–Kier alpha value is -3.41. The Morgan fingerprint density at radius 1 is 1.17 bits per heavy atom. The van der Waals surface area contributed by atoms with Gasteiger partial charge in [0.25, 0.3) is 0 Å². The number of nitrogens with zero attached hydrogens (tertiary/aromatic N) is 1. The molecule has 3 aromatic rings. The highest BCUT2D eigenvalue weighted by Gasteiger charge is 2.30. The van der Waals surface area contributed by atoms with Crippen molar-refractivity contribution in [2.45, 2.75) is 26.2 Å². The minimum Gasteiger partial charge on any atom is -0.497 e. The Kier molecular flexibility index (Phi) is 5.16. The lowest BCUT2D eigenvalue weighted by molar-refractivity contribution is -0.115. The molecule has 148 valence electrons. The molecular formula is C23H22N2O4. The minimum atomic E-state index is -0.195. The number of ketones is 1. The van der Waals surface area contributed by atoms with E-state index in [0.29, 0.717) is 34.3 Å². The number of carbonyl (C=O) groups excluding carboxylic acids is 2. The fraction of sp³-hybridized carbons (Fsp3) is 0.261. The van der Waals surface area contributed by atoms with Crippen LogP contribution >= 0.6 is 0 Å². The van der Waals surface area contributed by atoms with E-state index in [1.54, 1.807) is 38.3 Å². The zero-order valence-corrected chi connectivity index (χ0v) is 16.4. The number of benzene rings is 2. The van der Waals surface area contributed by atoms with Crippen molar-refractivity contribution in [3.05, 3.63) is 65.5 Å². The molecule has 1 aliphatic carbocycles. The van der Waals surface area contributed by atoms with Gasteiger partial charge in [-0.15, -0.1) is 0 Å². The number of nitrogens with one attached hydrogen (secondary N) is 1. The van der Waals surface area contributed by atoms with Crippen LogP contribution in [0.4, 0.5) is 5.69 Å². The summed E-state index contributed by atoms with van der Waals surface area (Å²) >= 11 is 0. The number of ether oxygens (including phenoxy) is 1. The molecule has 0 bridgehead atoms. The van der Waals surface area contributed by atoms with Crippen LogP contribution in [-0.2, 0) is 11.2 Å². The second-order valence-electron chi connectivity index (χ2n) is 7.19. The first kappa shape index (κ1) is 18.9. The van der Waals surface area contributed by atoms with E-state index in [1.165, 1.54) is 0 Å². The molecule has 4 rings (SSSR count). The number of hydrogen-bond donors (Lipinski definition) is 1. The molecule has 29 heavy (non-hydrogen) atoms. The van der Waals surface area contributed by atoms with Crippen LogP contribution in [0.5, 0.6) is 5.75 Å². The number of oxazole rings is 1. The lowest BCUT2D eigenvalue weighted by Gasteiger charge is -2.05. The van der Waals surface area contributed by atoms with Crippen molar-refractivity contribution in [3.8, 4) is 17.2 Å². The zero-order valence-electron chi connectivity index (χ0n) is 16.4. The predicted octanol–water partition coefficient (Wildman–Crippen LogP) is 4.43. The maximum atomic E-state index is 12.4. The highest BCUT2D eigenvalue weighted by molar-refractivity contribution is 6.00. The SMILES string of the molecule is COc1cccc(-c2nc(CC(=O)Nc3ccc(C(=O)C4CC4)cc3)c(C)o2)c1. The van der Waals surface area contributed by atoms with Gasteiger partial charge in [-0.2, -0.15) is 0 Å². The van der Waals surface area contributed by atoms with Gasteiger partial charge in [0.15, 0.2) is 5.78 Å². The third-order valence-corrected chi connectivity index (χ3v) is 4.94. The average Bonchev–Trinajstić information content (AvgIpc) is 3.52. The van der Waals surface area contributed by atoms with Gasteiger partial charge in [-0.25, -0.2) is 4.98 Å². The van der Waals surface area contributed by atoms with Crippen LogP contribution in [0.3, 0.4) is 0 Å². The predicted molar refractivity (Wildman–Crippen MR) is 109 cm³/mol. The molecule has 0 radical (unpaired) electrons. The first-order chi connectivity index (χ1) is 14.0. The summed E-state index contributed by atoms with van der Waals surface area (Å²) < 4.78 is 11.0. The number of hydrogen-bond acceptors (Lipinski definition) is 5. The third kappa shape index (κ3) is 4.37. The Balaban J connectivity index is 1.42. The van der Waals surface area contributed by atoms with E-state index in [9.17, 15) is 9.59 Å². The second-order valence-corrected chi connectivity index (χ2v) is 7.19. The van der Waals surface area contributed by atoms with Gasteiger partial charge in [-0.3, -0.25) is 9.59 Å². The summed E-state index contributed by atoms with van der Waals surface area (Å²) in [5.41, 5.74) is 2.72. The smallest absolute Gasteiger partial charge is 0.230 e. The summed E-state index contributed by atoms with van der Waals surface area (Å²) in [6.07, 6.45) is 2.06. The van der Waals surface area contributed by atoms with Crippen molar-refractivity contribution < 1.29 is 18.7 Å². The summed E-state index contributed by atoms with van der Waals surface area (Å²) in [5, 5.41) is 2.84. The number of amides is 1. The summed E-state index contributed by atoms with van der Waals surface area (Å²) in [5.74, 6) is 1.94. The number of methoxy groups -OCH3 is 1. The van der Waals surface area contributed by atoms with Crippen LogP contribution in [0.2, 0.25) is 0 Å². The molecule has 2 aromatic carbocycles. The van der Waals surface area contributed by atoms with Gasteiger partial charge in [-0.05, 0) is 62.2 Å². The number of anilines is 1. The molecule has 1 saturated carbocycles. The molecule has 0 unspecified atom stereocenters. The number of rotatable bonds is 7. The highest BCUT2D eigenvalue weighted by atomic mass is 16.5. The van der Waals surface area contributed by atoms with Gasteiger partial charge in [0, 0.05) is 22.7 Å². The molecule has 1 fully saturated rings. The van der Waals surface area contributed by atoms with Crippen molar-refractivity contribution in [1.82, 2.24) is 4.98 Å². The molecule has 1 aromatic heterocycles. The van der Waals surface area contributed by atoms with Crippen molar-refractivity contribution in [3.63, 3.8) is 0 Å². The molecule has 0 atom stereocenters. The number of aryl methyl sites for hydroxylation is 1. The van der Waals surface area contributed by atoms with E-state index < -0.39 is 0 Å². The van der Waals surface area contributed by atoms with Gasteiger partial charge >= 0.3 is 0 Å². The topological polar surface area (TPSA) is 81.4 Å². The van der Waals surface area contributed by atoms with Crippen LogP contribution in [0.15, 0.2) is 52.9 Å². The number of carbonyl (C=O) groups is 2. The standard InChI is InChI=1S/C23H22N2O4/c1-14-20(25-23(29-14)17-4-3-5-19(12-17)28-2)13-21(26)24-18-10-8-16(9-11-18)22(27)15-6-7-15/h3-5,8-12,15H,6-7,13H2,1-2H3,(H,24,26). The van der Waals surface area contributed by atoms with Crippen molar-refractivity contribution >= 4 is 17.4 Å². The van der Waals surface area contributed by atoms with Crippen LogP contribution in [0.1, 0.15) is 34.7 Å². The largest absolute Gasteiger partial charge is 0.497 e. The fourth-order valence-corrected chi connectivity index (χ4v) is 3.13. The van der Waals surface area contributed by atoms with Crippen LogP contribution in [0, 0.1) is 12.8 Å².